The van der Waals surface area contributed by atoms with Crippen LogP contribution in [-0.2, 0) is 0 Å². The summed E-state index contributed by atoms with van der Waals surface area (Å²) in [5.41, 5.74) is 5.26. The number of hydrogen-bond acceptors (Lipinski definition) is 6. The van der Waals surface area contributed by atoms with Gasteiger partial charge in [-0.25, -0.2) is 0 Å². The van der Waals surface area contributed by atoms with Crippen LogP contribution in [0.5, 0.6) is 0 Å². The van der Waals surface area contributed by atoms with E-state index in [1.54, 1.807) is 22.7 Å². The fourth-order valence-electron chi connectivity index (χ4n) is 3.88. The molecular formula is C24H14N2O2S2. The van der Waals surface area contributed by atoms with E-state index in [0.29, 0.717) is 22.5 Å². The number of anilines is 2. The first kappa shape index (κ1) is 17.4. The second-order valence-electron chi connectivity index (χ2n) is 7.13. The molecule has 0 spiro atoms. The summed E-state index contributed by atoms with van der Waals surface area (Å²) in [6, 6.07) is 19.6. The standard InChI is InChI=1S/C24H14N2O2S2/c27-23-15-11-13(19-3-1-9-29-19)5-7-17(15)25-21(23)22-24(28)16-12-14(6-8-18(16)26-22)20-4-2-10-30-20/h1-12,25-26H/b22-21+. The summed E-state index contributed by atoms with van der Waals surface area (Å²) in [6.45, 7) is 0. The average molecular weight is 427 g/mol. The third-order valence-corrected chi connectivity index (χ3v) is 7.20. The van der Waals surface area contributed by atoms with Gasteiger partial charge in [-0.2, -0.15) is 0 Å². The van der Waals surface area contributed by atoms with E-state index >= 15 is 0 Å². The van der Waals surface area contributed by atoms with Gasteiger partial charge in [0.15, 0.2) is 0 Å². The van der Waals surface area contributed by atoms with Gasteiger partial charge in [-0.1, -0.05) is 24.3 Å². The molecule has 144 valence electrons. The van der Waals surface area contributed by atoms with E-state index in [1.807, 2.05) is 71.4 Å². The third kappa shape index (κ3) is 2.58. The van der Waals surface area contributed by atoms with Crippen molar-refractivity contribution in [2.45, 2.75) is 0 Å². The van der Waals surface area contributed by atoms with Crippen LogP contribution in [0.3, 0.4) is 0 Å². The first-order valence-corrected chi connectivity index (χ1v) is 11.2. The molecule has 2 N–H and O–H groups in total. The second kappa shape index (κ2) is 6.52. The molecule has 4 heterocycles. The Balaban J connectivity index is 1.38. The lowest BCUT2D eigenvalue weighted by Gasteiger charge is -2.03. The molecule has 6 rings (SSSR count). The van der Waals surface area contributed by atoms with Crippen molar-refractivity contribution in [3.8, 4) is 20.9 Å². The number of thiophene rings is 2. The Labute approximate surface area is 180 Å². The van der Waals surface area contributed by atoms with Crippen LogP contribution in [0.2, 0.25) is 0 Å². The van der Waals surface area contributed by atoms with E-state index in [0.717, 1.165) is 32.3 Å². The van der Waals surface area contributed by atoms with Crippen molar-refractivity contribution < 1.29 is 9.59 Å². The number of fused-ring (bicyclic) bond motifs is 2. The Morgan fingerprint density at radius 1 is 0.600 bits per heavy atom. The van der Waals surface area contributed by atoms with Crippen LogP contribution in [-0.4, -0.2) is 11.6 Å². The maximum atomic E-state index is 13.1. The Kier molecular flexibility index (Phi) is 3.78. The van der Waals surface area contributed by atoms with Crippen LogP contribution in [0.15, 0.2) is 82.8 Å². The molecule has 2 aromatic heterocycles. The van der Waals surface area contributed by atoms with Gasteiger partial charge in [0.2, 0.25) is 11.6 Å². The van der Waals surface area contributed by atoms with Crippen LogP contribution in [0.25, 0.3) is 20.9 Å². The zero-order chi connectivity index (χ0) is 20.2. The topological polar surface area (TPSA) is 58.2 Å². The maximum absolute atomic E-state index is 13.1. The molecule has 4 nitrogen and oxygen atoms in total. The Bertz CT molecular complexity index is 1260. The lowest BCUT2D eigenvalue weighted by atomic mass is 10.0. The fraction of sp³-hybridized carbons (Fsp3) is 0. The number of benzene rings is 2. The molecule has 2 aliphatic rings. The molecule has 0 saturated carbocycles. The van der Waals surface area contributed by atoms with E-state index in [-0.39, 0.29) is 11.6 Å². The predicted octanol–water partition coefficient (Wildman–Crippen LogP) is 6.27. The molecule has 0 saturated heterocycles. The van der Waals surface area contributed by atoms with Gasteiger partial charge in [-0.15, -0.1) is 22.7 Å². The van der Waals surface area contributed by atoms with Crippen molar-refractivity contribution in [2.24, 2.45) is 0 Å². The minimum atomic E-state index is -0.162. The molecule has 4 aromatic rings. The number of rotatable bonds is 2. The van der Waals surface area contributed by atoms with E-state index in [2.05, 4.69) is 10.6 Å². The van der Waals surface area contributed by atoms with Crippen molar-refractivity contribution in [1.82, 2.24) is 0 Å². The molecule has 6 heteroatoms. The van der Waals surface area contributed by atoms with Crippen LogP contribution >= 0.6 is 22.7 Å². The zero-order valence-corrected chi connectivity index (χ0v) is 17.2. The van der Waals surface area contributed by atoms with Crippen LogP contribution in [0.1, 0.15) is 20.7 Å². The number of allylic oxidation sites excluding steroid dienone is 2. The zero-order valence-electron chi connectivity index (χ0n) is 15.6. The summed E-state index contributed by atoms with van der Waals surface area (Å²) in [6.07, 6.45) is 0. The second-order valence-corrected chi connectivity index (χ2v) is 9.03. The lowest BCUT2D eigenvalue weighted by molar-refractivity contribution is 0.101. The molecule has 30 heavy (non-hydrogen) atoms. The molecular weight excluding hydrogens is 412 g/mol. The maximum Gasteiger partial charge on any atom is 0.213 e. The van der Waals surface area contributed by atoms with Crippen LogP contribution < -0.4 is 10.6 Å². The van der Waals surface area contributed by atoms with Crippen molar-refractivity contribution in [3.63, 3.8) is 0 Å². The minimum absolute atomic E-state index is 0.162. The minimum Gasteiger partial charge on any atom is -0.350 e. The highest BCUT2D eigenvalue weighted by molar-refractivity contribution is 7.13. The highest BCUT2D eigenvalue weighted by atomic mass is 32.1. The Morgan fingerprint density at radius 2 is 1.07 bits per heavy atom. The molecule has 0 unspecified atom stereocenters. The van der Waals surface area contributed by atoms with E-state index in [4.69, 9.17) is 0 Å². The third-order valence-electron chi connectivity index (χ3n) is 5.36. The summed E-state index contributed by atoms with van der Waals surface area (Å²) in [5, 5.41) is 10.3. The molecule has 0 fully saturated rings. The number of ketones is 2. The molecule has 0 aliphatic carbocycles. The van der Waals surface area contributed by atoms with Gasteiger partial charge in [0.25, 0.3) is 0 Å². The summed E-state index contributed by atoms with van der Waals surface area (Å²) in [5.74, 6) is -0.323. The van der Waals surface area contributed by atoms with Crippen molar-refractivity contribution in [2.75, 3.05) is 10.6 Å². The summed E-state index contributed by atoms with van der Waals surface area (Å²) in [7, 11) is 0. The van der Waals surface area contributed by atoms with Gasteiger partial charge >= 0.3 is 0 Å². The first-order valence-electron chi connectivity index (χ1n) is 9.42. The summed E-state index contributed by atoms with van der Waals surface area (Å²) in [4.78, 5) is 28.5. The summed E-state index contributed by atoms with van der Waals surface area (Å²) >= 11 is 3.26. The molecule has 0 radical (unpaired) electrons. The Hall–Kier alpha value is -3.48. The van der Waals surface area contributed by atoms with Gasteiger partial charge < -0.3 is 10.6 Å². The first-order chi connectivity index (χ1) is 14.7. The van der Waals surface area contributed by atoms with Crippen LogP contribution in [0.4, 0.5) is 11.4 Å². The van der Waals surface area contributed by atoms with E-state index < -0.39 is 0 Å². The van der Waals surface area contributed by atoms with Crippen molar-refractivity contribution in [1.29, 1.82) is 0 Å². The number of nitrogens with one attached hydrogen (secondary N) is 2. The Morgan fingerprint density at radius 3 is 1.47 bits per heavy atom. The lowest BCUT2D eigenvalue weighted by Crippen LogP contribution is -2.13. The number of carbonyl (C=O) groups excluding carboxylic acids is 2. The van der Waals surface area contributed by atoms with E-state index in [9.17, 15) is 9.59 Å². The summed E-state index contributed by atoms with van der Waals surface area (Å²) < 4.78 is 0. The van der Waals surface area contributed by atoms with Crippen LogP contribution in [0, 0.1) is 0 Å². The van der Waals surface area contributed by atoms with Crippen molar-refractivity contribution in [3.05, 3.63) is 93.9 Å². The van der Waals surface area contributed by atoms with Gasteiger partial charge in [0.1, 0.15) is 11.4 Å². The average Bonchev–Trinajstić information content (AvgIpc) is 3.56. The number of Topliss-reactive ketones (excluding diaryl/α,β-unsaturated/α-hetero) is 2. The largest absolute Gasteiger partial charge is 0.350 e. The van der Waals surface area contributed by atoms with E-state index in [1.165, 1.54) is 0 Å². The monoisotopic (exact) mass is 426 g/mol. The molecule has 0 bridgehead atoms. The van der Waals surface area contributed by atoms with Gasteiger partial charge in [0.05, 0.1) is 0 Å². The predicted molar refractivity (Wildman–Crippen MR) is 122 cm³/mol. The highest BCUT2D eigenvalue weighted by Gasteiger charge is 2.35. The van der Waals surface area contributed by atoms with Gasteiger partial charge in [-0.05, 0) is 58.3 Å². The number of hydrogen-bond donors (Lipinski definition) is 2. The normalized spacial score (nSPS) is 16.9. The molecule has 2 aromatic carbocycles. The highest BCUT2D eigenvalue weighted by Crippen LogP contribution is 2.39. The quantitative estimate of drug-likeness (QED) is 0.371. The van der Waals surface area contributed by atoms with Gasteiger partial charge in [-0.3, -0.25) is 9.59 Å². The number of carbonyl (C=O) groups is 2. The molecule has 2 aliphatic heterocycles. The van der Waals surface area contributed by atoms with Gasteiger partial charge in [0, 0.05) is 32.3 Å². The molecule has 0 atom stereocenters. The van der Waals surface area contributed by atoms with Crippen molar-refractivity contribution >= 4 is 45.6 Å². The molecule has 0 amide bonds. The SMILES string of the molecule is O=C1/C(=C2\Nc3ccc(-c4cccs4)cc3C2=O)Nc2ccc(-c3cccs3)cc21. The fourth-order valence-corrected chi connectivity index (χ4v) is 5.33. The smallest absolute Gasteiger partial charge is 0.213 e.